The Morgan fingerprint density at radius 3 is 1.32 bits per heavy atom. The predicted octanol–water partition coefficient (Wildman–Crippen LogP) is 16.1. The third kappa shape index (κ3) is 42.7. The Morgan fingerprint density at radius 2 is 0.844 bits per heavy atom. The lowest BCUT2D eigenvalue weighted by Gasteiger charge is -2.40. The molecule has 1 rings (SSSR count). The van der Waals surface area contributed by atoms with Crippen molar-refractivity contribution in [2.45, 2.75) is 302 Å². The first-order chi connectivity index (χ1) is 37.6. The van der Waals surface area contributed by atoms with Crippen LogP contribution in [0.2, 0.25) is 0 Å². The molecule has 6 unspecified atom stereocenters. The zero-order chi connectivity index (χ0) is 56.1. The third-order valence-electron chi connectivity index (χ3n) is 13.8. The zero-order valence-electron chi connectivity index (χ0n) is 48.7. The first-order valence-corrected chi connectivity index (χ1v) is 30.9. The minimum absolute atomic E-state index is 0.0356. The number of carbonyl (C=O) groups excluding carboxylic acids is 3. The van der Waals surface area contributed by atoms with E-state index < -0.39 is 67.3 Å². The number of ether oxygens (including phenoxy) is 5. The van der Waals surface area contributed by atoms with Gasteiger partial charge in [-0.2, -0.15) is 0 Å². The quantitative estimate of drug-likeness (QED) is 0.0228. The molecule has 1 heterocycles. The molecule has 442 valence electrons. The Morgan fingerprint density at radius 1 is 0.442 bits per heavy atom. The van der Waals surface area contributed by atoms with Gasteiger partial charge in [0.1, 0.15) is 18.8 Å². The van der Waals surface area contributed by atoms with E-state index in [4.69, 9.17) is 23.7 Å². The van der Waals surface area contributed by atoms with Crippen LogP contribution in [-0.4, -0.2) is 89.2 Å². The molecule has 0 spiro atoms. The highest BCUT2D eigenvalue weighted by atomic mass is 16.7. The van der Waals surface area contributed by atoms with Crippen LogP contribution in [-0.2, 0) is 42.9 Å². The summed E-state index contributed by atoms with van der Waals surface area (Å²) in [4.78, 5) is 51.1. The monoisotopic (exact) mass is 1080 g/mol. The van der Waals surface area contributed by atoms with Gasteiger partial charge in [-0.05, 0) is 77.0 Å². The van der Waals surface area contributed by atoms with Gasteiger partial charge in [0.15, 0.2) is 24.6 Å². The van der Waals surface area contributed by atoms with E-state index in [1.54, 1.807) is 0 Å². The summed E-state index contributed by atoms with van der Waals surface area (Å²) in [5.41, 5.74) is 0. The number of carboxylic acids is 1. The molecular weight excluding hydrogens is 973 g/mol. The van der Waals surface area contributed by atoms with Crippen LogP contribution in [0.4, 0.5) is 0 Å². The van der Waals surface area contributed by atoms with Crippen LogP contribution in [0.1, 0.15) is 265 Å². The van der Waals surface area contributed by atoms with Gasteiger partial charge in [-0.25, -0.2) is 4.79 Å². The van der Waals surface area contributed by atoms with Gasteiger partial charge in [0.05, 0.1) is 6.61 Å². The average Bonchev–Trinajstić information content (AvgIpc) is 3.42. The Balaban J connectivity index is 2.68. The molecule has 0 aromatic rings. The number of aliphatic carboxylic acids is 1. The zero-order valence-corrected chi connectivity index (χ0v) is 48.7. The van der Waals surface area contributed by atoms with Gasteiger partial charge >= 0.3 is 23.9 Å². The van der Waals surface area contributed by atoms with E-state index >= 15 is 0 Å². The minimum atomic E-state index is -1.92. The summed E-state index contributed by atoms with van der Waals surface area (Å²) in [5.74, 6) is -3.24. The highest BCUT2D eigenvalue weighted by molar-refractivity contribution is 5.74. The number of rotatable bonds is 52. The van der Waals surface area contributed by atoms with Crippen molar-refractivity contribution in [1.29, 1.82) is 0 Å². The molecule has 0 amide bonds. The highest BCUT2D eigenvalue weighted by Gasteiger charge is 2.50. The first-order valence-electron chi connectivity index (χ1n) is 30.9. The molecule has 0 radical (unpaired) electrons. The van der Waals surface area contributed by atoms with Gasteiger partial charge in [0, 0.05) is 19.3 Å². The Bertz CT molecular complexity index is 1620. The Labute approximate surface area is 468 Å². The lowest BCUT2D eigenvalue weighted by atomic mass is 9.98. The van der Waals surface area contributed by atoms with Crippen LogP contribution in [0.3, 0.4) is 0 Å². The van der Waals surface area contributed by atoms with Crippen molar-refractivity contribution in [3.05, 3.63) is 72.9 Å². The molecule has 1 aliphatic heterocycles. The molecule has 0 aliphatic carbocycles. The molecule has 6 atom stereocenters. The molecule has 1 fully saturated rings. The van der Waals surface area contributed by atoms with Crippen molar-refractivity contribution < 1.29 is 58.2 Å². The molecule has 0 aromatic heterocycles. The largest absolute Gasteiger partial charge is 0.479 e. The number of carboxylic acid groups (broad SMARTS) is 1. The standard InChI is InChI=1S/C65H110O12/c1-4-7-10-13-16-19-22-25-27-28-29-30-32-34-36-39-42-45-48-51-57(66)73-54-56(75-58(67)52-49-46-43-40-37-33-24-21-18-15-12-9-6-3)55-74-65-63(61(70)60(69)62(77-65)64(71)72)76-59(68)53-50-47-44-41-38-35-31-26-23-20-17-14-11-8-5-2/h9,12,17-18,20-21,26,31,33,37,43,46,56,60-63,65,69-70H,4-8,10-11,13-16,19,22-25,27-30,32,34-36,38-42,44-45,47-55H2,1-3H3,(H,71,72)/b12-9-,20-17-,21-18-,31-26-,37-33-,46-43-. The van der Waals surface area contributed by atoms with Gasteiger partial charge in [0.2, 0.25) is 0 Å². The van der Waals surface area contributed by atoms with Crippen molar-refractivity contribution in [2.24, 2.45) is 0 Å². The minimum Gasteiger partial charge on any atom is -0.479 e. The van der Waals surface area contributed by atoms with E-state index in [0.717, 1.165) is 83.5 Å². The van der Waals surface area contributed by atoms with Crippen molar-refractivity contribution in [1.82, 2.24) is 0 Å². The normalized spacial score (nSPS) is 18.5. The second kappa shape index (κ2) is 52.8. The summed E-state index contributed by atoms with van der Waals surface area (Å²) in [7, 11) is 0. The molecule has 0 bridgehead atoms. The van der Waals surface area contributed by atoms with E-state index in [9.17, 15) is 34.5 Å². The Hall–Kier alpha value is -3.84. The first kappa shape index (κ1) is 71.2. The molecular formula is C65H110O12. The van der Waals surface area contributed by atoms with Crippen LogP contribution >= 0.6 is 0 Å². The number of hydrogen-bond acceptors (Lipinski definition) is 11. The van der Waals surface area contributed by atoms with E-state index in [-0.39, 0.29) is 25.9 Å². The van der Waals surface area contributed by atoms with Crippen molar-refractivity contribution in [3.63, 3.8) is 0 Å². The van der Waals surface area contributed by atoms with E-state index in [1.807, 2.05) is 12.2 Å². The molecule has 12 nitrogen and oxygen atoms in total. The topological polar surface area (TPSA) is 175 Å². The van der Waals surface area contributed by atoms with E-state index in [2.05, 4.69) is 81.5 Å². The summed E-state index contributed by atoms with van der Waals surface area (Å²) in [6.45, 7) is 5.80. The fraction of sp³-hybridized carbons (Fsp3) is 0.754. The molecule has 12 heteroatoms. The van der Waals surface area contributed by atoms with Crippen LogP contribution in [0.25, 0.3) is 0 Å². The fourth-order valence-corrected chi connectivity index (χ4v) is 9.06. The third-order valence-corrected chi connectivity index (χ3v) is 13.8. The summed E-state index contributed by atoms with van der Waals surface area (Å²) in [6, 6.07) is 0. The van der Waals surface area contributed by atoms with E-state index in [1.165, 1.54) is 116 Å². The van der Waals surface area contributed by atoms with Crippen LogP contribution in [0.15, 0.2) is 72.9 Å². The molecule has 77 heavy (non-hydrogen) atoms. The lowest BCUT2D eigenvalue weighted by Crippen LogP contribution is -2.61. The molecule has 1 aliphatic rings. The summed E-state index contributed by atoms with van der Waals surface area (Å²) in [5, 5.41) is 31.5. The average molecular weight is 1080 g/mol. The smallest absolute Gasteiger partial charge is 0.335 e. The maximum absolute atomic E-state index is 13.1. The maximum Gasteiger partial charge on any atom is 0.335 e. The molecule has 3 N–H and O–H groups in total. The number of esters is 3. The second-order valence-corrected chi connectivity index (χ2v) is 21.0. The fourth-order valence-electron chi connectivity index (χ4n) is 9.06. The molecule has 0 aromatic carbocycles. The van der Waals surface area contributed by atoms with Crippen LogP contribution < -0.4 is 0 Å². The van der Waals surface area contributed by atoms with Gasteiger partial charge in [0.25, 0.3) is 0 Å². The van der Waals surface area contributed by atoms with Crippen molar-refractivity contribution in [3.8, 4) is 0 Å². The number of carbonyl (C=O) groups is 4. The maximum atomic E-state index is 13.1. The lowest BCUT2D eigenvalue weighted by molar-refractivity contribution is -0.301. The number of hydrogen-bond donors (Lipinski definition) is 3. The number of aliphatic hydroxyl groups excluding tert-OH is 2. The van der Waals surface area contributed by atoms with Gasteiger partial charge in [-0.15, -0.1) is 0 Å². The Kier molecular flexibility index (Phi) is 48.8. The summed E-state index contributed by atoms with van der Waals surface area (Å²) < 4.78 is 28.4. The number of aliphatic hydroxyl groups is 2. The van der Waals surface area contributed by atoms with Crippen LogP contribution in [0.5, 0.6) is 0 Å². The summed E-state index contributed by atoms with van der Waals surface area (Å²) >= 11 is 0. The second-order valence-electron chi connectivity index (χ2n) is 21.0. The van der Waals surface area contributed by atoms with Gasteiger partial charge < -0.3 is 39.0 Å². The molecule has 0 saturated carbocycles. The van der Waals surface area contributed by atoms with Crippen molar-refractivity contribution in [2.75, 3.05) is 13.2 Å². The predicted molar refractivity (Wildman–Crippen MR) is 312 cm³/mol. The molecule has 1 saturated heterocycles. The van der Waals surface area contributed by atoms with E-state index in [0.29, 0.717) is 25.7 Å². The highest BCUT2D eigenvalue weighted by Crippen LogP contribution is 2.26. The van der Waals surface area contributed by atoms with Crippen molar-refractivity contribution >= 4 is 23.9 Å². The number of unbranched alkanes of at least 4 members (excludes halogenated alkanes) is 26. The van der Waals surface area contributed by atoms with Gasteiger partial charge in [-0.1, -0.05) is 241 Å². The van der Waals surface area contributed by atoms with Gasteiger partial charge in [-0.3, -0.25) is 14.4 Å². The SMILES string of the molecule is CC/C=C\C/C=C\C/C=C\C/C=C\CCC(=O)OC(COC(=O)CCCCCCCCCCCCCCCCCCCCC)COC1OC(C(=O)O)C(O)C(O)C1OC(=O)CCCCCCC/C=C\C/C=C\CCCCC. The summed E-state index contributed by atoms with van der Waals surface area (Å²) in [6.07, 6.45) is 54.6. The van der Waals surface area contributed by atoms with Crippen LogP contribution in [0, 0.1) is 0 Å². The number of allylic oxidation sites excluding steroid dienone is 12.